The zero-order valence-corrected chi connectivity index (χ0v) is 12.9. The molecule has 1 saturated carbocycles. The molecule has 1 aliphatic rings. The fourth-order valence-corrected chi connectivity index (χ4v) is 2.32. The second-order valence-corrected chi connectivity index (χ2v) is 7.17. The maximum atomic E-state index is 12.3. The van der Waals surface area contributed by atoms with Crippen molar-refractivity contribution in [1.82, 2.24) is 5.32 Å². The predicted octanol–water partition coefficient (Wildman–Crippen LogP) is 1.95. The fraction of sp³-hybridized carbons (Fsp3) is 0.933. The molecule has 0 unspecified atom stereocenters. The van der Waals surface area contributed by atoms with E-state index in [9.17, 15) is 9.90 Å². The lowest BCUT2D eigenvalue weighted by Gasteiger charge is -2.38. The number of carbonyl (C=O) groups is 1. The van der Waals surface area contributed by atoms with Crippen molar-refractivity contribution in [2.75, 3.05) is 6.54 Å². The third kappa shape index (κ3) is 4.18. The van der Waals surface area contributed by atoms with Gasteiger partial charge in [-0.3, -0.25) is 4.79 Å². The average molecular weight is 270 g/mol. The Bertz CT molecular complexity index is 311. The summed E-state index contributed by atoms with van der Waals surface area (Å²) >= 11 is 0. The van der Waals surface area contributed by atoms with Crippen LogP contribution >= 0.6 is 0 Å². The van der Waals surface area contributed by atoms with E-state index < -0.39 is 16.6 Å². The molecule has 112 valence electrons. The standard InChI is InChI=1S/C15H30N2O2/c1-13(2,14(3,4)16)12(18)17-11-15(19)9-7-5-6-8-10-15/h19H,5-11,16H2,1-4H3,(H,17,18). The SMILES string of the molecule is CC(C)(N)C(C)(C)C(=O)NCC1(O)CCCCCC1. The Labute approximate surface area is 117 Å². The number of carbonyl (C=O) groups excluding carboxylic acids is 1. The quantitative estimate of drug-likeness (QED) is 0.683. The zero-order chi connectivity index (χ0) is 14.7. The van der Waals surface area contributed by atoms with Gasteiger partial charge in [-0.2, -0.15) is 0 Å². The fourth-order valence-electron chi connectivity index (χ4n) is 2.32. The lowest BCUT2D eigenvalue weighted by atomic mass is 9.74. The Kier molecular flexibility index (Phi) is 5.02. The van der Waals surface area contributed by atoms with Crippen molar-refractivity contribution in [3.05, 3.63) is 0 Å². The molecule has 0 saturated heterocycles. The Morgan fingerprint density at radius 2 is 1.63 bits per heavy atom. The van der Waals surface area contributed by atoms with Crippen LogP contribution in [0.4, 0.5) is 0 Å². The van der Waals surface area contributed by atoms with Crippen LogP contribution in [0.3, 0.4) is 0 Å². The lowest BCUT2D eigenvalue weighted by molar-refractivity contribution is -0.133. The van der Waals surface area contributed by atoms with Gasteiger partial charge in [0.1, 0.15) is 0 Å². The van der Waals surface area contributed by atoms with E-state index >= 15 is 0 Å². The third-order valence-corrected chi connectivity index (χ3v) is 4.79. The van der Waals surface area contributed by atoms with Crippen molar-refractivity contribution in [3.63, 3.8) is 0 Å². The normalized spacial score (nSPS) is 20.7. The maximum absolute atomic E-state index is 12.3. The van der Waals surface area contributed by atoms with Crippen LogP contribution in [0, 0.1) is 5.41 Å². The van der Waals surface area contributed by atoms with Gasteiger partial charge >= 0.3 is 0 Å². The van der Waals surface area contributed by atoms with Gasteiger partial charge in [0.2, 0.25) is 5.91 Å². The largest absolute Gasteiger partial charge is 0.388 e. The van der Waals surface area contributed by atoms with Gasteiger partial charge in [-0.25, -0.2) is 0 Å². The van der Waals surface area contributed by atoms with Crippen molar-refractivity contribution in [2.45, 2.75) is 77.4 Å². The monoisotopic (exact) mass is 270 g/mol. The molecule has 1 amide bonds. The first-order valence-electron chi connectivity index (χ1n) is 7.38. The summed E-state index contributed by atoms with van der Waals surface area (Å²) in [5, 5.41) is 13.4. The number of nitrogens with two attached hydrogens (primary N) is 1. The molecule has 0 atom stereocenters. The van der Waals surface area contributed by atoms with Crippen LogP contribution in [0.25, 0.3) is 0 Å². The van der Waals surface area contributed by atoms with Gasteiger partial charge in [0.25, 0.3) is 0 Å². The number of nitrogens with one attached hydrogen (secondary N) is 1. The second kappa shape index (κ2) is 5.80. The first kappa shape index (κ1) is 16.4. The molecular weight excluding hydrogens is 240 g/mol. The maximum Gasteiger partial charge on any atom is 0.227 e. The van der Waals surface area contributed by atoms with Crippen LogP contribution in [0.15, 0.2) is 0 Å². The Morgan fingerprint density at radius 3 is 2.05 bits per heavy atom. The second-order valence-electron chi connectivity index (χ2n) is 7.17. The number of hydrogen-bond acceptors (Lipinski definition) is 3. The van der Waals surface area contributed by atoms with E-state index in [0.29, 0.717) is 6.54 Å². The summed E-state index contributed by atoms with van der Waals surface area (Å²) in [6.07, 6.45) is 5.99. The zero-order valence-electron chi connectivity index (χ0n) is 12.9. The Morgan fingerprint density at radius 1 is 1.16 bits per heavy atom. The van der Waals surface area contributed by atoms with Gasteiger partial charge in [0.15, 0.2) is 0 Å². The molecular formula is C15H30N2O2. The highest BCUT2D eigenvalue weighted by Crippen LogP contribution is 2.30. The molecule has 1 fully saturated rings. The average Bonchev–Trinajstić information content (AvgIpc) is 2.50. The van der Waals surface area contributed by atoms with Gasteiger partial charge in [-0.1, -0.05) is 25.7 Å². The number of rotatable bonds is 4. The minimum absolute atomic E-state index is 0.0855. The molecule has 4 heteroatoms. The highest BCUT2D eigenvalue weighted by atomic mass is 16.3. The smallest absolute Gasteiger partial charge is 0.227 e. The molecule has 0 aromatic rings. The topological polar surface area (TPSA) is 75.4 Å². The van der Waals surface area contributed by atoms with Gasteiger partial charge in [-0.05, 0) is 40.5 Å². The minimum Gasteiger partial charge on any atom is -0.388 e. The molecule has 0 heterocycles. The van der Waals surface area contributed by atoms with Crippen molar-refractivity contribution in [2.24, 2.45) is 11.1 Å². The molecule has 4 nitrogen and oxygen atoms in total. The molecule has 0 aliphatic heterocycles. The number of aliphatic hydroxyl groups is 1. The van der Waals surface area contributed by atoms with E-state index in [2.05, 4.69) is 5.32 Å². The van der Waals surface area contributed by atoms with E-state index in [1.165, 1.54) is 12.8 Å². The molecule has 0 radical (unpaired) electrons. The summed E-state index contributed by atoms with van der Waals surface area (Å²) in [7, 11) is 0. The molecule has 0 aromatic carbocycles. The summed E-state index contributed by atoms with van der Waals surface area (Å²) < 4.78 is 0. The molecule has 1 aliphatic carbocycles. The first-order valence-corrected chi connectivity index (χ1v) is 7.38. The van der Waals surface area contributed by atoms with Gasteiger partial charge in [-0.15, -0.1) is 0 Å². The van der Waals surface area contributed by atoms with Crippen molar-refractivity contribution < 1.29 is 9.90 Å². The van der Waals surface area contributed by atoms with Gasteiger partial charge in [0.05, 0.1) is 11.0 Å². The highest BCUT2D eigenvalue weighted by Gasteiger charge is 2.41. The molecule has 0 bridgehead atoms. The van der Waals surface area contributed by atoms with E-state index in [1.807, 2.05) is 27.7 Å². The van der Waals surface area contributed by atoms with E-state index in [0.717, 1.165) is 25.7 Å². The molecule has 0 aromatic heterocycles. The summed E-state index contributed by atoms with van der Waals surface area (Å²) in [6.45, 7) is 7.74. The number of amides is 1. The highest BCUT2D eigenvalue weighted by molar-refractivity contribution is 5.83. The predicted molar refractivity (Wildman–Crippen MR) is 77.7 cm³/mol. The first-order chi connectivity index (χ1) is 8.58. The molecule has 4 N–H and O–H groups in total. The molecule has 19 heavy (non-hydrogen) atoms. The Balaban J connectivity index is 2.58. The lowest BCUT2D eigenvalue weighted by Crippen LogP contribution is -2.57. The van der Waals surface area contributed by atoms with E-state index in [-0.39, 0.29) is 5.91 Å². The summed E-state index contributed by atoms with van der Waals surface area (Å²) in [5.41, 5.74) is 4.07. The van der Waals surface area contributed by atoms with Crippen LogP contribution in [-0.2, 0) is 4.79 Å². The molecule has 1 rings (SSSR count). The van der Waals surface area contributed by atoms with Crippen molar-refractivity contribution in [1.29, 1.82) is 0 Å². The van der Waals surface area contributed by atoms with E-state index in [1.54, 1.807) is 0 Å². The van der Waals surface area contributed by atoms with Crippen LogP contribution in [-0.4, -0.2) is 28.7 Å². The van der Waals surface area contributed by atoms with Crippen molar-refractivity contribution >= 4 is 5.91 Å². The third-order valence-electron chi connectivity index (χ3n) is 4.79. The summed E-state index contributed by atoms with van der Waals surface area (Å²) in [5.74, 6) is -0.0855. The van der Waals surface area contributed by atoms with Crippen LogP contribution in [0.5, 0.6) is 0 Å². The van der Waals surface area contributed by atoms with Crippen LogP contribution in [0.1, 0.15) is 66.2 Å². The van der Waals surface area contributed by atoms with E-state index in [4.69, 9.17) is 5.73 Å². The van der Waals surface area contributed by atoms with Crippen LogP contribution < -0.4 is 11.1 Å². The number of hydrogen-bond donors (Lipinski definition) is 3. The van der Waals surface area contributed by atoms with Gasteiger partial charge in [0, 0.05) is 12.1 Å². The summed E-state index contributed by atoms with van der Waals surface area (Å²) in [4.78, 5) is 12.3. The Hall–Kier alpha value is -0.610. The summed E-state index contributed by atoms with van der Waals surface area (Å²) in [6, 6.07) is 0. The molecule has 0 spiro atoms. The minimum atomic E-state index is -0.735. The van der Waals surface area contributed by atoms with Gasteiger partial charge < -0.3 is 16.2 Å². The van der Waals surface area contributed by atoms with Crippen molar-refractivity contribution in [3.8, 4) is 0 Å². The van der Waals surface area contributed by atoms with Crippen LogP contribution in [0.2, 0.25) is 0 Å².